The molecular formula is C36H28MnN12. The number of hydrogen-bond acceptors (Lipinski definition) is 6. The van der Waals surface area contributed by atoms with Crippen molar-refractivity contribution in [1.82, 2.24) is 58.1 Å². The molecule has 2 aliphatic heterocycles. The van der Waals surface area contributed by atoms with Crippen LogP contribution in [0.15, 0.2) is 73.8 Å². The fraction of sp³-hybridized carbons (Fsp3) is 0.111. The Kier molecular flexibility index (Phi) is 7.16. The Labute approximate surface area is 291 Å². The molecule has 0 aliphatic carbocycles. The van der Waals surface area contributed by atoms with Gasteiger partial charge in [-0.25, -0.2) is 29.9 Å². The van der Waals surface area contributed by atoms with Crippen LogP contribution in [0.4, 0.5) is 0 Å². The summed E-state index contributed by atoms with van der Waals surface area (Å²) in [5.41, 5.74) is 9.14. The maximum Gasteiger partial charge on any atom is 2.00 e. The molecule has 0 spiro atoms. The van der Waals surface area contributed by atoms with Gasteiger partial charge in [0.1, 0.15) is 23.3 Å². The van der Waals surface area contributed by atoms with E-state index in [1.807, 2.05) is 120 Å². The van der Waals surface area contributed by atoms with E-state index in [4.69, 9.17) is 39.9 Å². The van der Waals surface area contributed by atoms with Gasteiger partial charge in [0.2, 0.25) is 0 Å². The quantitative estimate of drug-likeness (QED) is 0.223. The number of rotatable bonds is 4. The molecule has 0 amide bonds. The van der Waals surface area contributed by atoms with E-state index in [-0.39, 0.29) is 17.1 Å². The zero-order valence-electron chi connectivity index (χ0n) is 27.0. The molecule has 49 heavy (non-hydrogen) atoms. The molecular weight excluding hydrogens is 655 g/mol. The Morgan fingerprint density at radius 1 is 0.408 bits per heavy atom. The predicted molar refractivity (Wildman–Crippen MR) is 186 cm³/mol. The molecule has 12 nitrogen and oxygen atoms in total. The Morgan fingerprint density at radius 3 is 0.857 bits per heavy atom. The Hall–Kier alpha value is -6.04. The van der Waals surface area contributed by atoms with Crippen LogP contribution in [0.3, 0.4) is 0 Å². The molecule has 239 valence electrons. The van der Waals surface area contributed by atoms with Crippen molar-refractivity contribution in [3.63, 3.8) is 0 Å². The number of imidazole rings is 4. The van der Waals surface area contributed by atoms with Crippen molar-refractivity contribution in [1.29, 1.82) is 0 Å². The molecule has 7 aromatic rings. The van der Waals surface area contributed by atoms with Crippen LogP contribution >= 0.6 is 0 Å². The summed E-state index contributed by atoms with van der Waals surface area (Å²) in [5, 5.41) is 0. The van der Waals surface area contributed by atoms with Gasteiger partial charge in [-0.2, -0.15) is 0 Å². The van der Waals surface area contributed by atoms with Crippen LogP contribution in [0.2, 0.25) is 0 Å². The van der Waals surface area contributed by atoms with Gasteiger partial charge in [-0.3, -0.25) is 0 Å². The van der Waals surface area contributed by atoms with E-state index < -0.39 is 0 Å². The average molecular weight is 684 g/mol. The molecule has 9 heterocycles. The third-order valence-corrected chi connectivity index (χ3v) is 8.79. The van der Waals surface area contributed by atoms with E-state index in [0.29, 0.717) is 0 Å². The van der Waals surface area contributed by atoms with Crippen molar-refractivity contribution in [2.45, 2.75) is 0 Å². The average Bonchev–Trinajstić information content (AvgIpc) is 3.91. The van der Waals surface area contributed by atoms with Gasteiger partial charge in [-0.15, -0.1) is 22.1 Å². The molecule has 0 saturated carbocycles. The van der Waals surface area contributed by atoms with Crippen molar-refractivity contribution in [3.8, 4) is 45.6 Å². The monoisotopic (exact) mass is 683 g/mol. The van der Waals surface area contributed by atoms with Gasteiger partial charge < -0.3 is 28.2 Å². The zero-order chi connectivity index (χ0) is 32.5. The molecule has 13 heteroatoms. The van der Waals surface area contributed by atoms with E-state index in [1.165, 1.54) is 0 Å². The van der Waals surface area contributed by atoms with Crippen molar-refractivity contribution in [2.24, 2.45) is 28.2 Å². The van der Waals surface area contributed by atoms with Gasteiger partial charge in [0.25, 0.3) is 0 Å². The van der Waals surface area contributed by atoms with E-state index in [1.54, 1.807) is 24.8 Å². The normalized spacial score (nSPS) is 12.2. The van der Waals surface area contributed by atoms with Gasteiger partial charge in [0, 0.05) is 100 Å². The standard InChI is InChI=1S/C36H28N12.Mn/c1-45-17-13-37-33(45)29-21-5-7-23(41-21)30(34-38-14-18-46(34)2)25-9-11-27(43-25)32(36-40-16-20-48(36)4)28-12-10-26(44-28)31(24-8-6-22(29)42-24)35-39-15-19-47(35)3;/h5-20H,1-4H3;/q-2;+2. The van der Waals surface area contributed by atoms with E-state index in [9.17, 15) is 0 Å². The summed E-state index contributed by atoms with van der Waals surface area (Å²) in [6.45, 7) is 0. The molecule has 0 saturated heterocycles. The smallest absolute Gasteiger partial charge is 0.657 e. The first-order valence-corrected chi connectivity index (χ1v) is 15.4. The van der Waals surface area contributed by atoms with Crippen molar-refractivity contribution < 1.29 is 17.1 Å². The van der Waals surface area contributed by atoms with Crippen LogP contribution < -0.4 is 9.97 Å². The van der Waals surface area contributed by atoms with Gasteiger partial charge in [0.05, 0.1) is 22.8 Å². The van der Waals surface area contributed by atoms with Gasteiger partial charge >= 0.3 is 17.1 Å². The van der Waals surface area contributed by atoms with Crippen LogP contribution in [-0.4, -0.2) is 48.2 Å². The van der Waals surface area contributed by atoms with E-state index in [2.05, 4.69) is 0 Å². The minimum atomic E-state index is 0. The van der Waals surface area contributed by atoms with Gasteiger partial charge in [0.15, 0.2) is 0 Å². The molecule has 7 aromatic heterocycles. The number of fused-ring (bicyclic) bond motifs is 8. The second-order valence-corrected chi connectivity index (χ2v) is 11.8. The van der Waals surface area contributed by atoms with E-state index >= 15 is 0 Å². The summed E-state index contributed by atoms with van der Waals surface area (Å²) in [7, 11) is 7.89. The van der Waals surface area contributed by atoms with E-state index in [0.717, 1.165) is 90.4 Å². The second kappa shape index (κ2) is 11.6. The predicted octanol–water partition coefficient (Wildman–Crippen LogP) is 5.51. The minimum absolute atomic E-state index is 0. The molecule has 0 atom stereocenters. The largest absolute Gasteiger partial charge is 2.00 e. The first kappa shape index (κ1) is 30.3. The Balaban J connectivity index is 0.00000348. The van der Waals surface area contributed by atoms with Crippen molar-refractivity contribution in [2.75, 3.05) is 0 Å². The minimum Gasteiger partial charge on any atom is -0.657 e. The second-order valence-electron chi connectivity index (χ2n) is 11.8. The molecule has 1 radical (unpaired) electrons. The van der Waals surface area contributed by atoms with Crippen LogP contribution in [0.1, 0.15) is 22.8 Å². The number of hydrogen-bond donors (Lipinski definition) is 0. The van der Waals surface area contributed by atoms with Gasteiger partial charge in [-0.05, 0) is 24.3 Å². The van der Waals surface area contributed by atoms with Crippen LogP contribution in [0.25, 0.3) is 91.9 Å². The molecule has 0 aromatic carbocycles. The number of nitrogens with zero attached hydrogens (tertiary/aromatic N) is 12. The summed E-state index contributed by atoms with van der Waals surface area (Å²) < 4.78 is 7.92. The maximum absolute atomic E-state index is 5.22. The summed E-state index contributed by atoms with van der Waals surface area (Å²) >= 11 is 0. The summed E-state index contributed by atoms with van der Waals surface area (Å²) in [6.07, 6.45) is 22.9. The summed E-state index contributed by atoms with van der Waals surface area (Å²) in [6, 6.07) is 8.05. The zero-order valence-corrected chi connectivity index (χ0v) is 28.2. The van der Waals surface area contributed by atoms with Crippen molar-refractivity contribution >= 4 is 46.4 Å². The molecule has 2 aliphatic rings. The van der Waals surface area contributed by atoms with Crippen molar-refractivity contribution in [3.05, 3.63) is 96.6 Å². The first-order chi connectivity index (χ1) is 23.4. The topological polar surface area (TPSA) is 125 Å². The van der Waals surface area contributed by atoms with Gasteiger partial charge in [-0.1, -0.05) is 24.3 Å². The molecule has 0 unspecified atom stereocenters. The van der Waals surface area contributed by atoms with Crippen LogP contribution in [0, 0.1) is 0 Å². The summed E-state index contributed by atoms with van der Waals surface area (Å²) in [4.78, 5) is 39.8. The third-order valence-electron chi connectivity index (χ3n) is 8.79. The Morgan fingerprint density at radius 2 is 0.653 bits per heavy atom. The molecule has 8 bridgehead atoms. The Bertz CT molecular complexity index is 2280. The molecule has 0 N–H and O–H groups in total. The number of aromatic nitrogens is 12. The SMILES string of the molecule is Cn1ccnc1-c1c2nc(c(-c3nccn3C)c3ccc([n-]3)c(-c3nccn3C)c3nc(c(-c4nccn4C)c4ccc1[n-]4)C=C3)C=C2.[Mn+2]. The molecule has 0 fully saturated rings. The summed E-state index contributed by atoms with van der Waals surface area (Å²) in [5.74, 6) is 3.00. The van der Waals surface area contributed by atoms with Crippen LogP contribution in [-0.2, 0) is 45.3 Å². The number of aryl methyl sites for hydroxylation is 4. The molecule has 9 rings (SSSR count). The van der Waals surface area contributed by atoms with Crippen LogP contribution in [0.5, 0.6) is 0 Å². The fourth-order valence-electron chi connectivity index (χ4n) is 6.43. The fourth-order valence-corrected chi connectivity index (χ4v) is 6.43. The first-order valence-electron chi connectivity index (χ1n) is 15.4. The third kappa shape index (κ3) is 4.82. The maximum atomic E-state index is 5.22.